The molecule has 0 aliphatic carbocycles. The van der Waals surface area contributed by atoms with Crippen molar-refractivity contribution in [2.75, 3.05) is 11.6 Å². The van der Waals surface area contributed by atoms with Crippen molar-refractivity contribution in [3.05, 3.63) is 41.2 Å². The Kier molecular flexibility index (Phi) is 4.20. The maximum atomic E-state index is 11.9. The van der Waals surface area contributed by atoms with Gasteiger partial charge >= 0.3 is 0 Å². The van der Waals surface area contributed by atoms with E-state index in [-0.39, 0.29) is 6.73 Å². The molecule has 1 heterocycles. The minimum absolute atomic E-state index is 0.257. The Balaban J connectivity index is 2.36. The van der Waals surface area contributed by atoms with Crippen LogP contribution in [0.15, 0.2) is 35.6 Å². The first kappa shape index (κ1) is 14.3. The number of nitrogens with zero attached hydrogens (tertiary/aromatic N) is 1. The minimum atomic E-state index is -0.666. The number of aldehydes is 1. The van der Waals surface area contributed by atoms with Crippen molar-refractivity contribution < 1.29 is 14.3 Å². The highest BCUT2D eigenvalue weighted by Gasteiger charge is 2.37. The average molecular weight is 274 g/mol. The molecule has 5 heteroatoms. The summed E-state index contributed by atoms with van der Waals surface area (Å²) in [6, 6.07) is 6.90. The number of rotatable bonds is 4. The predicted octanol–water partition coefficient (Wildman–Crippen LogP) is 1.37. The minimum Gasteiger partial charge on any atom is -0.475 e. The Bertz CT molecular complexity index is 545. The zero-order chi connectivity index (χ0) is 14.7. The maximum Gasteiger partial charge on any atom is 0.225 e. The van der Waals surface area contributed by atoms with Crippen molar-refractivity contribution in [1.29, 1.82) is 0 Å². The Morgan fingerprint density at radius 3 is 2.55 bits per heavy atom. The van der Waals surface area contributed by atoms with Crippen molar-refractivity contribution >= 4 is 17.8 Å². The summed E-state index contributed by atoms with van der Waals surface area (Å²) in [5, 5.41) is 0. The van der Waals surface area contributed by atoms with Crippen LogP contribution in [0.2, 0.25) is 0 Å². The summed E-state index contributed by atoms with van der Waals surface area (Å²) >= 11 is 0. The standard InChI is InChI=1S/C15H18N2O3/c1-10(2)15-14(13(19)8-18)17(9-20-15)12-5-3-11(7-16)4-6-12/h3-6,8,14H,7,9,16H2,1-2H3. The summed E-state index contributed by atoms with van der Waals surface area (Å²) in [7, 11) is 0. The molecular formula is C15H18N2O3. The fourth-order valence-electron chi connectivity index (χ4n) is 2.25. The molecule has 0 radical (unpaired) electrons. The number of Topliss-reactive ketones (excluding diaryl/α,β-unsaturated/α-hetero) is 1. The lowest BCUT2D eigenvalue weighted by molar-refractivity contribution is -0.130. The molecule has 1 saturated heterocycles. The van der Waals surface area contributed by atoms with Crippen LogP contribution in [-0.4, -0.2) is 24.8 Å². The third kappa shape index (κ3) is 2.58. The highest BCUT2D eigenvalue weighted by Crippen LogP contribution is 2.29. The van der Waals surface area contributed by atoms with Gasteiger partial charge in [-0.1, -0.05) is 12.1 Å². The topological polar surface area (TPSA) is 72.6 Å². The van der Waals surface area contributed by atoms with Gasteiger partial charge in [-0.25, -0.2) is 0 Å². The molecular weight excluding hydrogens is 256 g/mol. The number of hydrogen-bond donors (Lipinski definition) is 1. The van der Waals surface area contributed by atoms with E-state index in [1.54, 1.807) is 4.90 Å². The van der Waals surface area contributed by atoms with Gasteiger partial charge in [-0.2, -0.15) is 0 Å². The largest absolute Gasteiger partial charge is 0.475 e. The monoisotopic (exact) mass is 274 g/mol. The van der Waals surface area contributed by atoms with E-state index in [9.17, 15) is 9.59 Å². The van der Waals surface area contributed by atoms with Crippen LogP contribution < -0.4 is 10.6 Å². The summed E-state index contributed by atoms with van der Waals surface area (Å²) in [6.07, 6.45) is 0.351. The highest BCUT2D eigenvalue weighted by molar-refractivity contribution is 6.29. The van der Waals surface area contributed by atoms with Gasteiger partial charge in [0.05, 0.1) is 0 Å². The molecule has 1 fully saturated rings. The number of carbonyl (C=O) groups is 2. The highest BCUT2D eigenvalue weighted by atomic mass is 16.5. The normalized spacial score (nSPS) is 17.9. The van der Waals surface area contributed by atoms with E-state index < -0.39 is 11.8 Å². The summed E-state index contributed by atoms with van der Waals surface area (Å²) in [4.78, 5) is 24.5. The van der Waals surface area contributed by atoms with Crippen LogP contribution in [0.25, 0.3) is 0 Å². The lowest BCUT2D eigenvalue weighted by atomic mass is 10.1. The van der Waals surface area contributed by atoms with Crippen LogP contribution >= 0.6 is 0 Å². The number of carbonyl (C=O) groups excluding carboxylic acids is 2. The van der Waals surface area contributed by atoms with Crippen molar-refractivity contribution in [3.8, 4) is 0 Å². The van der Waals surface area contributed by atoms with Gasteiger partial charge in [0.2, 0.25) is 5.78 Å². The second-order valence-electron chi connectivity index (χ2n) is 4.90. The zero-order valence-corrected chi connectivity index (χ0v) is 11.6. The van der Waals surface area contributed by atoms with Crippen LogP contribution in [-0.2, 0) is 20.9 Å². The van der Waals surface area contributed by atoms with Gasteiger partial charge < -0.3 is 15.4 Å². The van der Waals surface area contributed by atoms with Crippen molar-refractivity contribution in [3.63, 3.8) is 0 Å². The zero-order valence-electron chi connectivity index (χ0n) is 11.6. The molecule has 0 amide bonds. The number of anilines is 1. The number of hydrogen-bond acceptors (Lipinski definition) is 5. The van der Waals surface area contributed by atoms with Crippen LogP contribution in [0.1, 0.15) is 19.4 Å². The first-order valence-electron chi connectivity index (χ1n) is 6.43. The first-order chi connectivity index (χ1) is 9.58. The number of ether oxygens (including phenoxy) is 1. The SMILES string of the molecule is CC(C)=C1OCN(c2ccc(CN)cc2)C1C(=O)C=O. The predicted molar refractivity (Wildman–Crippen MR) is 76.0 cm³/mol. The van der Waals surface area contributed by atoms with Gasteiger partial charge in [-0.05, 0) is 37.1 Å². The molecule has 0 spiro atoms. The van der Waals surface area contributed by atoms with Gasteiger partial charge in [-0.15, -0.1) is 0 Å². The Labute approximate surface area is 118 Å². The van der Waals surface area contributed by atoms with Gasteiger partial charge in [-0.3, -0.25) is 9.59 Å². The molecule has 5 nitrogen and oxygen atoms in total. The second kappa shape index (κ2) is 5.88. The van der Waals surface area contributed by atoms with Crippen LogP contribution in [0.5, 0.6) is 0 Å². The fourth-order valence-corrected chi connectivity index (χ4v) is 2.25. The van der Waals surface area contributed by atoms with E-state index in [2.05, 4.69) is 0 Å². The van der Waals surface area contributed by atoms with E-state index in [4.69, 9.17) is 10.5 Å². The maximum absolute atomic E-state index is 11.9. The lowest BCUT2D eigenvalue weighted by Gasteiger charge is -2.21. The molecule has 106 valence electrons. The van der Waals surface area contributed by atoms with Crippen molar-refractivity contribution in [2.45, 2.75) is 26.4 Å². The molecule has 2 N–H and O–H groups in total. The van der Waals surface area contributed by atoms with Crippen molar-refractivity contribution in [2.24, 2.45) is 5.73 Å². The van der Waals surface area contributed by atoms with Crippen LogP contribution in [0.3, 0.4) is 0 Å². The molecule has 20 heavy (non-hydrogen) atoms. The summed E-state index contributed by atoms with van der Waals surface area (Å²) in [6.45, 7) is 4.45. The van der Waals surface area contributed by atoms with Gasteiger partial charge in [0.15, 0.2) is 19.1 Å². The number of benzene rings is 1. The number of ketones is 1. The smallest absolute Gasteiger partial charge is 0.225 e. The molecule has 1 aliphatic heterocycles. The summed E-state index contributed by atoms with van der Waals surface area (Å²) < 4.78 is 5.57. The molecule has 0 saturated carbocycles. The van der Waals surface area contributed by atoms with E-state index in [1.807, 2.05) is 38.1 Å². The first-order valence-corrected chi connectivity index (χ1v) is 6.43. The van der Waals surface area contributed by atoms with E-state index >= 15 is 0 Å². The van der Waals surface area contributed by atoms with E-state index in [0.29, 0.717) is 18.6 Å². The molecule has 1 atom stereocenters. The van der Waals surface area contributed by atoms with E-state index in [1.165, 1.54) is 0 Å². The Morgan fingerprint density at radius 2 is 2.05 bits per heavy atom. The van der Waals surface area contributed by atoms with Gasteiger partial charge in [0.1, 0.15) is 5.76 Å². The summed E-state index contributed by atoms with van der Waals surface area (Å²) in [5.41, 5.74) is 8.30. The van der Waals surface area contributed by atoms with Crippen molar-refractivity contribution in [1.82, 2.24) is 0 Å². The molecule has 0 bridgehead atoms. The summed E-state index contributed by atoms with van der Waals surface area (Å²) in [5.74, 6) is 0.0617. The lowest BCUT2D eigenvalue weighted by Crippen LogP contribution is -2.38. The average Bonchev–Trinajstić information content (AvgIpc) is 2.91. The van der Waals surface area contributed by atoms with Gasteiger partial charge in [0.25, 0.3) is 0 Å². The van der Waals surface area contributed by atoms with E-state index in [0.717, 1.165) is 16.8 Å². The Hall–Kier alpha value is -2.14. The van der Waals surface area contributed by atoms with Crippen LogP contribution in [0, 0.1) is 0 Å². The quantitative estimate of drug-likeness (QED) is 0.663. The molecule has 1 aromatic rings. The number of nitrogens with two attached hydrogens (primary N) is 1. The molecule has 1 aromatic carbocycles. The molecule has 1 unspecified atom stereocenters. The third-order valence-corrected chi connectivity index (χ3v) is 3.30. The van der Waals surface area contributed by atoms with Gasteiger partial charge in [0, 0.05) is 12.2 Å². The third-order valence-electron chi connectivity index (χ3n) is 3.30. The van der Waals surface area contributed by atoms with Crippen LogP contribution in [0.4, 0.5) is 5.69 Å². The molecule has 0 aromatic heterocycles. The molecule has 2 rings (SSSR count). The second-order valence-corrected chi connectivity index (χ2v) is 4.90. The fraction of sp³-hybridized carbons (Fsp3) is 0.333. The number of allylic oxidation sites excluding steroid dienone is 1. The molecule has 1 aliphatic rings. The Morgan fingerprint density at radius 1 is 1.40 bits per heavy atom.